The number of hydrogen-bond donors (Lipinski definition) is 1. The smallest absolute Gasteiger partial charge is 0.194 e. The van der Waals surface area contributed by atoms with Gasteiger partial charge in [0.25, 0.3) is 0 Å². The molecule has 1 atom stereocenters. The summed E-state index contributed by atoms with van der Waals surface area (Å²) < 4.78 is 11.6. The lowest BCUT2D eigenvalue weighted by Crippen LogP contribution is -2.26. The summed E-state index contributed by atoms with van der Waals surface area (Å²) in [7, 11) is 0. The fourth-order valence-electron chi connectivity index (χ4n) is 3.94. The second kappa shape index (κ2) is 11.7. The number of pyridine rings is 1. The van der Waals surface area contributed by atoms with Crippen molar-refractivity contribution in [2.75, 3.05) is 13.2 Å². The highest BCUT2D eigenvalue weighted by molar-refractivity contribution is 5.50. The van der Waals surface area contributed by atoms with Gasteiger partial charge in [0.2, 0.25) is 0 Å². The zero-order valence-corrected chi connectivity index (χ0v) is 18.0. The molecule has 1 fully saturated rings. The van der Waals surface area contributed by atoms with E-state index in [4.69, 9.17) is 9.47 Å². The second-order valence-corrected chi connectivity index (χ2v) is 8.03. The molecular formula is C25H33NO4. The summed E-state index contributed by atoms with van der Waals surface area (Å²) in [6.07, 6.45) is 8.74. The van der Waals surface area contributed by atoms with Crippen molar-refractivity contribution in [3.8, 4) is 5.88 Å². The van der Waals surface area contributed by atoms with Gasteiger partial charge in [-0.05, 0) is 56.1 Å². The first kappa shape index (κ1) is 22.3. The summed E-state index contributed by atoms with van der Waals surface area (Å²) in [5.41, 5.74) is 4.07. The SMILES string of the molecule is CCCc1ccc(CCc2[nH]c(OCC3CCCCO3)cc(=O)c2CCC=O)cc1. The van der Waals surface area contributed by atoms with Crippen molar-refractivity contribution in [2.24, 2.45) is 0 Å². The maximum atomic E-state index is 12.7. The molecule has 0 amide bonds. The van der Waals surface area contributed by atoms with Crippen molar-refractivity contribution >= 4 is 6.29 Å². The van der Waals surface area contributed by atoms with Gasteiger partial charge in [-0.3, -0.25) is 4.79 Å². The van der Waals surface area contributed by atoms with Crippen LogP contribution in [0, 0.1) is 0 Å². The third kappa shape index (κ3) is 6.56. The average molecular weight is 412 g/mol. The molecule has 2 aromatic rings. The van der Waals surface area contributed by atoms with Gasteiger partial charge in [-0.1, -0.05) is 37.6 Å². The molecule has 1 aromatic carbocycles. The summed E-state index contributed by atoms with van der Waals surface area (Å²) in [5.74, 6) is 0.484. The Morgan fingerprint density at radius 1 is 1.10 bits per heavy atom. The number of rotatable bonds is 11. The number of carbonyl (C=O) groups excluding carboxylic acids is 1. The van der Waals surface area contributed by atoms with Gasteiger partial charge in [0.15, 0.2) is 11.3 Å². The maximum Gasteiger partial charge on any atom is 0.194 e. The summed E-state index contributed by atoms with van der Waals surface area (Å²) >= 11 is 0. The Balaban J connectivity index is 1.70. The molecule has 1 N–H and O–H groups in total. The van der Waals surface area contributed by atoms with Crippen molar-refractivity contribution < 1.29 is 14.3 Å². The van der Waals surface area contributed by atoms with E-state index in [0.717, 1.165) is 57.1 Å². The van der Waals surface area contributed by atoms with Crippen LogP contribution in [0.2, 0.25) is 0 Å². The second-order valence-electron chi connectivity index (χ2n) is 8.03. The molecule has 162 valence electrons. The quantitative estimate of drug-likeness (QED) is 0.563. The van der Waals surface area contributed by atoms with Crippen LogP contribution in [-0.2, 0) is 35.2 Å². The number of H-pyrrole nitrogens is 1. The van der Waals surface area contributed by atoms with Gasteiger partial charge in [0.05, 0.1) is 6.10 Å². The molecule has 0 bridgehead atoms. The molecule has 0 radical (unpaired) electrons. The van der Waals surface area contributed by atoms with Crippen molar-refractivity contribution in [3.63, 3.8) is 0 Å². The predicted octanol–water partition coefficient (Wildman–Crippen LogP) is 4.19. The van der Waals surface area contributed by atoms with Gasteiger partial charge < -0.3 is 19.3 Å². The summed E-state index contributed by atoms with van der Waals surface area (Å²) in [6.45, 7) is 3.40. The van der Waals surface area contributed by atoms with Gasteiger partial charge in [-0.25, -0.2) is 0 Å². The highest BCUT2D eigenvalue weighted by Crippen LogP contribution is 2.17. The third-order valence-corrected chi connectivity index (χ3v) is 5.63. The fourth-order valence-corrected chi connectivity index (χ4v) is 3.94. The number of hydrogen-bond acceptors (Lipinski definition) is 4. The van der Waals surface area contributed by atoms with E-state index >= 15 is 0 Å². The number of aryl methyl sites for hydroxylation is 3. The van der Waals surface area contributed by atoms with Crippen molar-refractivity contribution in [3.05, 3.63) is 62.9 Å². The lowest BCUT2D eigenvalue weighted by Gasteiger charge is -2.22. The molecule has 1 saturated heterocycles. The number of aromatic nitrogens is 1. The van der Waals surface area contributed by atoms with Crippen LogP contribution in [0.5, 0.6) is 5.88 Å². The van der Waals surface area contributed by atoms with Crippen LogP contribution in [0.25, 0.3) is 0 Å². The Bertz CT molecular complexity index is 850. The maximum absolute atomic E-state index is 12.7. The molecule has 0 saturated carbocycles. The standard InChI is InChI=1S/C25H33NO4/c1-2-6-19-9-11-20(12-10-19)13-14-23-22(8-5-15-27)24(28)17-25(26-23)30-18-21-7-3-4-16-29-21/h9-12,15,17,21H,2-8,13-14,16,18H2,1H3,(H,26,28). The van der Waals surface area contributed by atoms with Crippen LogP contribution in [-0.4, -0.2) is 30.6 Å². The lowest BCUT2D eigenvalue weighted by molar-refractivity contribution is -0.107. The van der Waals surface area contributed by atoms with Crippen molar-refractivity contribution in [1.82, 2.24) is 4.98 Å². The molecule has 0 aliphatic carbocycles. The molecule has 1 unspecified atom stereocenters. The minimum absolute atomic E-state index is 0.0662. The van der Waals surface area contributed by atoms with Crippen LogP contribution >= 0.6 is 0 Å². The third-order valence-electron chi connectivity index (χ3n) is 5.63. The molecule has 0 spiro atoms. The summed E-state index contributed by atoms with van der Waals surface area (Å²) in [4.78, 5) is 26.9. The van der Waals surface area contributed by atoms with E-state index in [1.165, 1.54) is 17.2 Å². The highest BCUT2D eigenvalue weighted by atomic mass is 16.5. The van der Waals surface area contributed by atoms with Crippen LogP contribution in [0.1, 0.15) is 61.4 Å². The average Bonchev–Trinajstić information content (AvgIpc) is 2.77. The van der Waals surface area contributed by atoms with Crippen LogP contribution in [0.3, 0.4) is 0 Å². The predicted molar refractivity (Wildman–Crippen MR) is 118 cm³/mol. The molecule has 30 heavy (non-hydrogen) atoms. The number of aldehydes is 1. The first-order chi connectivity index (χ1) is 14.7. The van der Waals surface area contributed by atoms with Gasteiger partial charge in [-0.15, -0.1) is 0 Å². The van der Waals surface area contributed by atoms with E-state index in [2.05, 4.69) is 36.2 Å². The first-order valence-corrected chi connectivity index (χ1v) is 11.2. The van der Waals surface area contributed by atoms with E-state index < -0.39 is 0 Å². The van der Waals surface area contributed by atoms with Gasteiger partial charge in [-0.2, -0.15) is 0 Å². The highest BCUT2D eigenvalue weighted by Gasteiger charge is 2.16. The minimum Gasteiger partial charge on any atom is -0.476 e. The number of carbonyl (C=O) groups is 1. The van der Waals surface area contributed by atoms with E-state index in [1.807, 2.05) is 0 Å². The molecule has 2 heterocycles. The zero-order chi connectivity index (χ0) is 21.2. The Labute approximate surface area is 178 Å². The molecule has 1 aliphatic rings. The van der Waals surface area contributed by atoms with Gasteiger partial charge in [0.1, 0.15) is 12.9 Å². The lowest BCUT2D eigenvalue weighted by atomic mass is 10.00. The number of nitrogens with one attached hydrogen (secondary N) is 1. The number of ether oxygens (including phenoxy) is 2. The normalized spacial score (nSPS) is 16.4. The topological polar surface area (TPSA) is 68.4 Å². The van der Waals surface area contributed by atoms with Gasteiger partial charge in [0, 0.05) is 30.4 Å². The number of benzene rings is 1. The molecule has 5 nitrogen and oxygen atoms in total. The monoisotopic (exact) mass is 411 g/mol. The van der Waals surface area contributed by atoms with Crippen LogP contribution < -0.4 is 10.2 Å². The minimum atomic E-state index is -0.0662. The fraction of sp³-hybridized carbons (Fsp3) is 0.520. The van der Waals surface area contributed by atoms with Crippen molar-refractivity contribution in [2.45, 2.75) is 70.8 Å². The first-order valence-electron chi connectivity index (χ1n) is 11.2. The Morgan fingerprint density at radius 3 is 2.53 bits per heavy atom. The van der Waals surface area contributed by atoms with E-state index in [0.29, 0.717) is 37.3 Å². The van der Waals surface area contributed by atoms with Crippen molar-refractivity contribution in [1.29, 1.82) is 0 Å². The molecule has 5 heteroatoms. The molecular weight excluding hydrogens is 378 g/mol. The molecule has 3 rings (SSSR count). The summed E-state index contributed by atoms with van der Waals surface area (Å²) in [5, 5.41) is 0. The zero-order valence-electron chi connectivity index (χ0n) is 18.0. The Morgan fingerprint density at radius 2 is 1.87 bits per heavy atom. The van der Waals surface area contributed by atoms with E-state index in [9.17, 15) is 9.59 Å². The number of aromatic amines is 1. The van der Waals surface area contributed by atoms with Crippen LogP contribution in [0.4, 0.5) is 0 Å². The molecule has 1 aromatic heterocycles. The Hall–Kier alpha value is -2.40. The summed E-state index contributed by atoms with van der Waals surface area (Å²) in [6, 6.07) is 10.2. The molecule has 1 aliphatic heterocycles. The van der Waals surface area contributed by atoms with E-state index in [1.54, 1.807) is 0 Å². The van der Waals surface area contributed by atoms with Crippen LogP contribution in [0.15, 0.2) is 35.1 Å². The van der Waals surface area contributed by atoms with E-state index in [-0.39, 0.29) is 11.5 Å². The van der Waals surface area contributed by atoms with Gasteiger partial charge >= 0.3 is 0 Å². The largest absolute Gasteiger partial charge is 0.476 e. The Kier molecular flexibility index (Phi) is 8.69.